The van der Waals surface area contributed by atoms with Crippen molar-refractivity contribution in [3.8, 4) is 0 Å². The van der Waals surface area contributed by atoms with E-state index in [1.54, 1.807) is 0 Å². The Bertz CT molecular complexity index is 749. The first-order chi connectivity index (χ1) is 13.9. The van der Waals surface area contributed by atoms with Crippen molar-refractivity contribution in [1.29, 1.82) is 5.41 Å². The van der Waals surface area contributed by atoms with E-state index in [4.69, 9.17) is 21.0 Å². The van der Waals surface area contributed by atoms with Crippen molar-refractivity contribution in [2.45, 2.75) is 56.7 Å². The fourth-order valence-electron chi connectivity index (χ4n) is 4.84. The van der Waals surface area contributed by atoms with Gasteiger partial charge in [0, 0.05) is 48.2 Å². The van der Waals surface area contributed by atoms with E-state index in [0.29, 0.717) is 23.3 Å². The number of carboxylic acid groups (broad SMARTS) is 1. The molecule has 3 saturated heterocycles. The summed E-state index contributed by atoms with van der Waals surface area (Å²) in [6, 6.07) is 7.01. The molecule has 158 valence electrons. The van der Waals surface area contributed by atoms with E-state index in [1.807, 2.05) is 18.2 Å². The molecule has 0 aromatic heterocycles. The van der Waals surface area contributed by atoms with Gasteiger partial charge in [0.05, 0.1) is 0 Å². The second-order valence-electron chi connectivity index (χ2n) is 8.14. The molecule has 1 aromatic rings. The van der Waals surface area contributed by atoms with Crippen LogP contribution in [0.2, 0.25) is 0 Å². The zero-order chi connectivity index (χ0) is 21.0. The van der Waals surface area contributed by atoms with Crippen molar-refractivity contribution in [3.05, 3.63) is 23.8 Å². The standard InChI is InChI=1S/C20H29N5O.CH2O2/c1-24-14-4-5-15(24)11-13(10-14)23-20(26)19(22)17-12-16(6-7-18(17)21)25-8-2-3-9-25;2-1-3/h6-7,12-15,22H,2-5,8-11,21H2,1H3,(H,23,26);1H,(H,2,3). The largest absolute Gasteiger partial charge is 0.483 e. The first kappa shape index (κ1) is 21.1. The van der Waals surface area contributed by atoms with E-state index in [-0.39, 0.29) is 24.1 Å². The lowest BCUT2D eigenvalue weighted by Crippen LogP contribution is -2.50. The number of hydrogen-bond donors (Lipinski definition) is 4. The molecule has 2 bridgehead atoms. The highest BCUT2D eigenvalue weighted by molar-refractivity contribution is 6.45. The van der Waals surface area contributed by atoms with E-state index in [1.165, 1.54) is 25.7 Å². The maximum Gasteiger partial charge on any atom is 0.290 e. The number of amides is 1. The highest BCUT2D eigenvalue weighted by atomic mass is 16.3. The smallest absolute Gasteiger partial charge is 0.290 e. The Morgan fingerprint density at radius 3 is 2.41 bits per heavy atom. The Morgan fingerprint density at radius 2 is 1.83 bits per heavy atom. The van der Waals surface area contributed by atoms with Crippen molar-refractivity contribution >= 4 is 29.5 Å². The number of nitrogens with one attached hydrogen (secondary N) is 2. The van der Waals surface area contributed by atoms with Gasteiger partial charge in [-0.25, -0.2) is 0 Å². The molecule has 1 amide bonds. The summed E-state index contributed by atoms with van der Waals surface area (Å²) in [5.74, 6) is -0.302. The summed E-state index contributed by atoms with van der Waals surface area (Å²) >= 11 is 0. The first-order valence-corrected chi connectivity index (χ1v) is 10.3. The quantitative estimate of drug-likeness (QED) is 0.346. The average Bonchev–Trinajstić information content (AvgIpc) is 3.29. The number of anilines is 2. The second kappa shape index (κ2) is 9.26. The predicted molar refractivity (Wildman–Crippen MR) is 114 cm³/mol. The first-order valence-electron chi connectivity index (χ1n) is 10.3. The number of carbonyl (C=O) groups excluding carboxylic acids is 1. The summed E-state index contributed by atoms with van der Waals surface area (Å²) < 4.78 is 0. The molecular weight excluding hydrogens is 370 g/mol. The molecule has 1 aromatic carbocycles. The van der Waals surface area contributed by atoms with Crippen molar-refractivity contribution < 1.29 is 14.7 Å². The third kappa shape index (κ3) is 4.70. The molecule has 3 heterocycles. The minimum atomic E-state index is -0.302. The van der Waals surface area contributed by atoms with Gasteiger partial charge in [-0.3, -0.25) is 15.0 Å². The molecule has 3 aliphatic rings. The van der Waals surface area contributed by atoms with Gasteiger partial charge in [-0.1, -0.05) is 0 Å². The SMILES string of the molecule is CN1C2CCC1CC(NC(=O)C(=N)c1cc(N3CCCC3)ccc1N)C2.O=CO. The number of benzene rings is 1. The van der Waals surface area contributed by atoms with Crippen molar-refractivity contribution in [3.63, 3.8) is 0 Å². The highest BCUT2D eigenvalue weighted by Crippen LogP contribution is 2.34. The maximum atomic E-state index is 12.7. The number of carbonyl (C=O) groups is 2. The third-order valence-corrected chi connectivity index (χ3v) is 6.44. The Kier molecular flexibility index (Phi) is 6.74. The fraction of sp³-hybridized carbons (Fsp3) is 0.571. The van der Waals surface area contributed by atoms with E-state index >= 15 is 0 Å². The predicted octanol–water partition coefficient (Wildman–Crippen LogP) is 1.68. The molecule has 4 rings (SSSR count). The van der Waals surface area contributed by atoms with Gasteiger partial charge in [0.2, 0.25) is 0 Å². The summed E-state index contributed by atoms with van der Waals surface area (Å²) in [7, 11) is 2.19. The number of piperidine rings is 1. The van der Waals surface area contributed by atoms with Crippen LogP contribution in [-0.2, 0) is 9.59 Å². The lowest BCUT2D eigenvalue weighted by molar-refractivity contribution is -0.123. The minimum Gasteiger partial charge on any atom is -0.483 e. The van der Waals surface area contributed by atoms with Crippen LogP contribution in [-0.4, -0.2) is 66.4 Å². The van der Waals surface area contributed by atoms with Gasteiger partial charge in [-0.15, -0.1) is 0 Å². The van der Waals surface area contributed by atoms with Gasteiger partial charge in [-0.05, 0) is 63.8 Å². The maximum absolute atomic E-state index is 12.7. The average molecular weight is 402 g/mol. The van der Waals surface area contributed by atoms with Gasteiger partial charge in [0.1, 0.15) is 5.71 Å². The Balaban J connectivity index is 0.000000755. The molecule has 0 saturated carbocycles. The van der Waals surface area contributed by atoms with Crippen LogP contribution < -0.4 is 16.0 Å². The lowest BCUT2D eigenvalue weighted by atomic mass is 9.97. The van der Waals surface area contributed by atoms with Crippen LogP contribution in [0.1, 0.15) is 44.1 Å². The molecule has 3 aliphatic heterocycles. The number of nitrogens with two attached hydrogens (primary N) is 1. The van der Waals surface area contributed by atoms with Gasteiger partial charge >= 0.3 is 0 Å². The van der Waals surface area contributed by atoms with E-state index in [2.05, 4.69) is 22.2 Å². The molecule has 0 spiro atoms. The molecule has 0 aliphatic carbocycles. The Hall–Kier alpha value is -2.61. The molecule has 2 unspecified atom stereocenters. The zero-order valence-electron chi connectivity index (χ0n) is 16.9. The summed E-state index contributed by atoms with van der Waals surface area (Å²) in [5, 5.41) is 18.4. The van der Waals surface area contributed by atoms with Crippen LogP contribution in [0.25, 0.3) is 0 Å². The number of hydrogen-bond acceptors (Lipinski definition) is 6. The summed E-state index contributed by atoms with van der Waals surface area (Å²) in [5.41, 5.74) is 8.17. The van der Waals surface area contributed by atoms with Crippen LogP contribution in [0.5, 0.6) is 0 Å². The van der Waals surface area contributed by atoms with Gasteiger partial charge < -0.3 is 26.0 Å². The monoisotopic (exact) mass is 401 g/mol. The number of fused-ring (bicyclic) bond motifs is 2. The summed E-state index contributed by atoms with van der Waals surface area (Å²) in [6.07, 6.45) is 6.78. The molecule has 8 heteroatoms. The Labute approximate surface area is 171 Å². The zero-order valence-corrected chi connectivity index (χ0v) is 16.9. The molecule has 3 fully saturated rings. The van der Waals surface area contributed by atoms with Crippen LogP contribution in [0, 0.1) is 5.41 Å². The lowest BCUT2D eigenvalue weighted by Gasteiger charge is -2.36. The number of nitrogens with zero attached hydrogens (tertiary/aromatic N) is 2. The molecule has 2 atom stereocenters. The van der Waals surface area contributed by atoms with Crippen LogP contribution in [0.3, 0.4) is 0 Å². The third-order valence-electron chi connectivity index (χ3n) is 6.44. The van der Waals surface area contributed by atoms with Gasteiger partial charge in [0.25, 0.3) is 12.4 Å². The minimum absolute atomic E-state index is 0.0187. The van der Waals surface area contributed by atoms with Gasteiger partial charge in [-0.2, -0.15) is 0 Å². The van der Waals surface area contributed by atoms with E-state index in [0.717, 1.165) is 31.6 Å². The van der Waals surface area contributed by atoms with Crippen molar-refractivity contribution in [2.75, 3.05) is 30.8 Å². The molecular formula is C21H31N5O3. The highest BCUT2D eigenvalue weighted by Gasteiger charge is 2.39. The molecule has 8 nitrogen and oxygen atoms in total. The summed E-state index contributed by atoms with van der Waals surface area (Å²) in [4.78, 5) is 25.8. The van der Waals surface area contributed by atoms with Crippen LogP contribution >= 0.6 is 0 Å². The van der Waals surface area contributed by atoms with Gasteiger partial charge in [0.15, 0.2) is 0 Å². The molecule has 0 radical (unpaired) electrons. The Morgan fingerprint density at radius 1 is 1.24 bits per heavy atom. The summed E-state index contributed by atoms with van der Waals surface area (Å²) in [6.45, 7) is 1.81. The fourth-order valence-corrected chi connectivity index (χ4v) is 4.84. The van der Waals surface area contributed by atoms with Crippen LogP contribution in [0.15, 0.2) is 18.2 Å². The topological polar surface area (TPSA) is 123 Å². The van der Waals surface area contributed by atoms with Crippen LogP contribution in [0.4, 0.5) is 11.4 Å². The second-order valence-corrected chi connectivity index (χ2v) is 8.14. The number of rotatable bonds is 4. The number of nitrogen functional groups attached to an aromatic ring is 1. The van der Waals surface area contributed by atoms with E-state index < -0.39 is 0 Å². The molecule has 29 heavy (non-hydrogen) atoms. The van der Waals surface area contributed by atoms with Crippen molar-refractivity contribution in [2.24, 2.45) is 0 Å². The van der Waals surface area contributed by atoms with Crippen molar-refractivity contribution in [1.82, 2.24) is 10.2 Å². The molecule has 5 N–H and O–H groups in total. The van der Waals surface area contributed by atoms with E-state index in [9.17, 15) is 4.79 Å². The normalized spacial score (nSPS) is 25.8.